The molecule has 3 aromatic rings. The van der Waals surface area contributed by atoms with Gasteiger partial charge in [0.25, 0.3) is 10.0 Å². The Morgan fingerprint density at radius 3 is 2.60 bits per heavy atom. The number of carbonyl (C=O) groups is 1. The molecule has 3 N–H and O–H groups in total. The van der Waals surface area contributed by atoms with E-state index < -0.39 is 16.0 Å². The molecular weight excluding hydrogens is 464 g/mol. The van der Waals surface area contributed by atoms with Crippen molar-refractivity contribution in [1.82, 2.24) is 0 Å². The van der Waals surface area contributed by atoms with E-state index in [1.807, 2.05) is 19.1 Å². The molecule has 0 unspecified atom stereocenters. The van der Waals surface area contributed by atoms with E-state index in [1.165, 1.54) is 0 Å². The van der Waals surface area contributed by atoms with Crippen LogP contribution in [0.25, 0.3) is 0 Å². The molecule has 35 heavy (non-hydrogen) atoms. The normalized spacial score (nSPS) is 20.4. The number of hydrogen-bond donors (Lipinski definition) is 3. The van der Waals surface area contributed by atoms with Crippen LogP contribution in [0.3, 0.4) is 0 Å². The van der Waals surface area contributed by atoms with Crippen molar-refractivity contribution in [1.29, 1.82) is 0 Å². The number of rotatable bonds is 7. The quantitative estimate of drug-likeness (QED) is 0.383. The highest BCUT2D eigenvalue weighted by atomic mass is 32.2. The fourth-order valence-corrected chi connectivity index (χ4v) is 6.10. The number of benzene rings is 3. The second-order valence-corrected chi connectivity index (χ2v) is 10.4. The fraction of sp³-hybridized carbons (Fsp3) is 0.222. The van der Waals surface area contributed by atoms with E-state index in [0.29, 0.717) is 18.0 Å². The topological polar surface area (TPSA) is 105 Å². The highest BCUT2D eigenvalue weighted by Gasteiger charge is 2.39. The van der Waals surface area contributed by atoms with Gasteiger partial charge >= 0.3 is 5.97 Å². The SMILES string of the molecule is CCOc1ccc(NS(=O)(=O)c2ccc3c(c2)[C@H]2C=CC[C@H]2[C@@H](c2ccccc2C(=O)O)N3)cc1. The Morgan fingerprint density at radius 1 is 1.09 bits per heavy atom. The molecule has 0 radical (unpaired) electrons. The molecule has 1 aliphatic heterocycles. The molecule has 0 spiro atoms. The second-order valence-electron chi connectivity index (χ2n) is 8.68. The average Bonchev–Trinajstić information content (AvgIpc) is 3.35. The molecule has 3 atom stereocenters. The first kappa shape index (κ1) is 23.0. The van der Waals surface area contributed by atoms with Gasteiger partial charge in [-0.05, 0) is 78.9 Å². The van der Waals surface area contributed by atoms with Gasteiger partial charge < -0.3 is 15.2 Å². The standard InChI is InChI=1S/C27H26N2O5S/c1-2-34-18-12-10-17(11-13-18)29-35(32,33)19-14-15-25-24(16-19)20-8-5-9-21(20)26(28-25)22-6-3-4-7-23(22)27(30)31/h3-8,10-16,20-21,26,28-29H,2,9H2,1H3,(H,30,31)/t20-,21+,26-/m0/s1. The number of carboxylic acid groups (broad SMARTS) is 1. The maximum absolute atomic E-state index is 13.1. The number of aromatic carboxylic acids is 1. The van der Waals surface area contributed by atoms with Crippen molar-refractivity contribution in [2.45, 2.75) is 30.2 Å². The van der Waals surface area contributed by atoms with E-state index in [2.05, 4.69) is 22.2 Å². The predicted octanol–water partition coefficient (Wildman–Crippen LogP) is 5.41. The summed E-state index contributed by atoms with van der Waals surface area (Å²) in [5.74, 6) is -0.218. The van der Waals surface area contributed by atoms with Gasteiger partial charge in [0.2, 0.25) is 0 Å². The Hall–Kier alpha value is -3.78. The average molecular weight is 491 g/mol. The minimum absolute atomic E-state index is 0.0151. The summed E-state index contributed by atoms with van der Waals surface area (Å²) < 4.78 is 34.4. The third-order valence-electron chi connectivity index (χ3n) is 6.59. The highest BCUT2D eigenvalue weighted by molar-refractivity contribution is 7.92. The van der Waals surface area contributed by atoms with Gasteiger partial charge in [-0.1, -0.05) is 30.4 Å². The zero-order valence-electron chi connectivity index (χ0n) is 19.1. The van der Waals surface area contributed by atoms with Gasteiger partial charge in [0, 0.05) is 17.3 Å². The lowest BCUT2D eigenvalue weighted by atomic mass is 9.76. The number of allylic oxidation sites excluding steroid dienone is 2. The molecule has 5 rings (SSSR count). The first-order valence-electron chi connectivity index (χ1n) is 11.5. The molecular formula is C27H26N2O5S. The van der Waals surface area contributed by atoms with Crippen LogP contribution in [-0.2, 0) is 10.0 Å². The molecule has 1 heterocycles. The highest BCUT2D eigenvalue weighted by Crippen LogP contribution is 2.50. The van der Waals surface area contributed by atoms with Gasteiger partial charge in [0.15, 0.2) is 0 Å². The van der Waals surface area contributed by atoms with Gasteiger partial charge in [-0.25, -0.2) is 13.2 Å². The Morgan fingerprint density at radius 2 is 1.86 bits per heavy atom. The van der Waals surface area contributed by atoms with Crippen LogP contribution in [0.1, 0.15) is 46.8 Å². The van der Waals surface area contributed by atoms with Crippen molar-refractivity contribution >= 4 is 27.4 Å². The molecule has 0 aromatic heterocycles. The van der Waals surface area contributed by atoms with Gasteiger partial charge in [0.05, 0.1) is 23.1 Å². The van der Waals surface area contributed by atoms with Crippen molar-refractivity contribution in [3.05, 3.63) is 95.6 Å². The number of carboxylic acids is 1. The first-order chi connectivity index (χ1) is 16.9. The smallest absolute Gasteiger partial charge is 0.336 e. The van der Waals surface area contributed by atoms with Crippen LogP contribution in [0.2, 0.25) is 0 Å². The lowest BCUT2D eigenvalue weighted by molar-refractivity contribution is 0.0694. The lowest BCUT2D eigenvalue weighted by Crippen LogP contribution is -2.30. The van der Waals surface area contributed by atoms with Crippen molar-refractivity contribution in [2.24, 2.45) is 5.92 Å². The molecule has 0 saturated carbocycles. The van der Waals surface area contributed by atoms with Gasteiger partial charge in [-0.15, -0.1) is 0 Å². The van der Waals surface area contributed by atoms with E-state index in [1.54, 1.807) is 54.6 Å². The molecule has 0 bridgehead atoms. The van der Waals surface area contributed by atoms with Crippen LogP contribution in [0.15, 0.2) is 83.8 Å². The molecule has 0 saturated heterocycles. The largest absolute Gasteiger partial charge is 0.494 e. The van der Waals surface area contributed by atoms with E-state index in [9.17, 15) is 18.3 Å². The number of fused-ring (bicyclic) bond motifs is 3. The van der Waals surface area contributed by atoms with Crippen LogP contribution in [-0.4, -0.2) is 26.1 Å². The van der Waals surface area contributed by atoms with Crippen molar-refractivity contribution in [3.63, 3.8) is 0 Å². The Balaban J connectivity index is 1.46. The summed E-state index contributed by atoms with van der Waals surface area (Å²) in [4.78, 5) is 12.0. The van der Waals surface area contributed by atoms with Gasteiger partial charge in [-0.2, -0.15) is 0 Å². The van der Waals surface area contributed by atoms with Crippen LogP contribution in [0, 0.1) is 5.92 Å². The molecule has 8 heteroatoms. The van der Waals surface area contributed by atoms with Crippen molar-refractivity contribution in [2.75, 3.05) is 16.6 Å². The number of ether oxygens (including phenoxy) is 1. The molecule has 7 nitrogen and oxygen atoms in total. The number of hydrogen-bond acceptors (Lipinski definition) is 5. The monoisotopic (exact) mass is 490 g/mol. The summed E-state index contributed by atoms with van der Waals surface area (Å²) >= 11 is 0. The third kappa shape index (κ3) is 4.37. The van der Waals surface area contributed by atoms with Crippen molar-refractivity contribution < 1.29 is 23.1 Å². The Labute approximate surface area is 204 Å². The third-order valence-corrected chi connectivity index (χ3v) is 7.97. The number of nitrogens with one attached hydrogen (secondary N) is 2. The zero-order valence-corrected chi connectivity index (χ0v) is 20.0. The minimum Gasteiger partial charge on any atom is -0.494 e. The molecule has 1 aliphatic carbocycles. The number of sulfonamides is 1. The molecule has 180 valence electrons. The molecule has 2 aliphatic rings. The summed E-state index contributed by atoms with van der Waals surface area (Å²) in [5, 5.41) is 13.2. The second kappa shape index (κ2) is 9.11. The van der Waals surface area contributed by atoms with Crippen LogP contribution in [0.4, 0.5) is 11.4 Å². The van der Waals surface area contributed by atoms with E-state index in [0.717, 1.165) is 23.2 Å². The molecule has 3 aromatic carbocycles. The summed E-state index contributed by atoms with van der Waals surface area (Å²) in [6.07, 6.45) is 4.95. The van der Waals surface area contributed by atoms with Crippen LogP contribution >= 0.6 is 0 Å². The summed E-state index contributed by atoms with van der Waals surface area (Å²) in [6, 6.07) is 18.7. The van der Waals surface area contributed by atoms with E-state index in [4.69, 9.17) is 4.74 Å². The first-order valence-corrected chi connectivity index (χ1v) is 13.0. The Bertz CT molecular complexity index is 1400. The minimum atomic E-state index is -3.80. The Kier molecular flexibility index (Phi) is 5.98. The summed E-state index contributed by atoms with van der Waals surface area (Å²) in [5.41, 5.74) is 3.16. The van der Waals surface area contributed by atoms with Crippen molar-refractivity contribution in [3.8, 4) is 5.75 Å². The molecule has 0 fully saturated rings. The summed E-state index contributed by atoms with van der Waals surface area (Å²) in [7, 11) is -3.80. The van der Waals surface area contributed by atoms with Crippen LogP contribution < -0.4 is 14.8 Å². The summed E-state index contributed by atoms with van der Waals surface area (Å²) in [6.45, 7) is 2.42. The van der Waals surface area contributed by atoms with Gasteiger partial charge in [0.1, 0.15) is 5.75 Å². The lowest BCUT2D eigenvalue weighted by Gasteiger charge is -2.38. The van der Waals surface area contributed by atoms with E-state index >= 15 is 0 Å². The maximum atomic E-state index is 13.1. The van der Waals surface area contributed by atoms with E-state index in [-0.39, 0.29) is 28.3 Å². The number of anilines is 2. The fourth-order valence-electron chi connectivity index (χ4n) is 5.01. The maximum Gasteiger partial charge on any atom is 0.336 e. The molecule has 0 amide bonds. The van der Waals surface area contributed by atoms with Gasteiger partial charge in [-0.3, -0.25) is 4.72 Å². The predicted molar refractivity (Wildman–Crippen MR) is 135 cm³/mol. The zero-order chi connectivity index (χ0) is 24.6. The van der Waals surface area contributed by atoms with Crippen LogP contribution in [0.5, 0.6) is 5.75 Å².